The van der Waals surface area contributed by atoms with Gasteiger partial charge >= 0.3 is 0 Å². The maximum atomic E-state index is 12.4. The third-order valence-electron chi connectivity index (χ3n) is 5.29. The summed E-state index contributed by atoms with van der Waals surface area (Å²) in [6.45, 7) is 5.80. The Morgan fingerprint density at radius 2 is 1.83 bits per heavy atom. The first-order valence-electron chi connectivity index (χ1n) is 10.2. The Bertz CT molecular complexity index is 903. The number of benzene rings is 1. The van der Waals surface area contributed by atoms with Gasteiger partial charge in [-0.25, -0.2) is 0 Å². The number of nitrogens with one attached hydrogen (secondary N) is 1. The summed E-state index contributed by atoms with van der Waals surface area (Å²) in [5.74, 6) is 0.0112. The van der Waals surface area contributed by atoms with Crippen molar-refractivity contribution < 1.29 is 14.4 Å². The normalized spacial score (nSPS) is 13.1. The molecule has 2 aromatic rings. The van der Waals surface area contributed by atoms with Gasteiger partial charge < -0.3 is 10.2 Å². The molecule has 5 nitrogen and oxygen atoms in total. The van der Waals surface area contributed by atoms with Crippen molar-refractivity contribution in [1.82, 2.24) is 10.2 Å². The quantitative estimate of drug-likeness (QED) is 0.530. The highest BCUT2D eigenvalue weighted by Crippen LogP contribution is 2.22. The number of thiophene rings is 1. The maximum absolute atomic E-state index is 12.4. The first kappa shape index (κ1) is 21.2. The van der Waals surface area contributed by atoms with Crippen LogP contribution in [0.5, 0.6) is 0 Å². The topological polar surface area (TPSA) is 66.5 Å². The number of aryl methyl sites for hydroxylation is 2. The van der Waals surface area contributed by atoms with E-state index < -0.39 is 0 Å². The standard InChI is InChI=1S/C23H28N2O3S/c1-16-14-20(17(2)29-16)21(26)9-10-22(27)24-12-5-8-23(28)25-13-11-18-6-3-4-7-19(18)15-25/h3-4,6-7,14H,5,8-13,15H2,1-2H3,(H,24,27). The molecule has 2 amide bonds. The van der Waals surface area contributed by atoms with Gasteiger partial charge in [0.05, 0.1) is 0 Å². The molecule has 0 radical (unpaired) electrons. The Morgan fingerprint density at radius 1 is 1.07 bits per heavy atom. The molecule has 3 rings (SSSR count). The minimum Gasteiger partial charge on any atom is -0.356 e. The predicted molar refractivity (Wildman–Crippen MR) is 115 cm³/mol. The van der Waals surface area contributed by atoms with Crippen LogP contribution in [0.3, 0.4) is 0 Å². The zero-order valence-electron chi connectivity index (χ0n) is 17.1. The van der Waals surface area contributed by atoms with Gasteiger partial charge in [-0.05, 0) is 43.9 Å². The van der Waals surface area contributed by atoms with Crippen LogP contribution in [0.15, 0.2) is 30.3 Å². The summed E-state index contributed by atoms with van der Waals surface area (Å²) < 4.78 is 0. The molecule has 0 bridgehead atoms. The van der Waals surface area contributed by atoms with E-state index in [-0.39, 0.29) is 30.4 Å². The lowest BCUT2D eigenvalue weighted by molar-refractivity contribution is -0.132. The maximum Gasteiger partial charge on any atom is 0.222 e. The second-order valence-electron chi connectivity index (χ2n) is 7.54. The number of ketones is 1. The predicted octanol–water partition coefficient (Wildman–Crippen LogP) is 3.81. The minimum atomic E-state index is -0.137. The molecule has 0 spiro atoms. The Morgan fingerprint density at radius 3 is 2.55 bits per heavy atom. The van der Waals surface area contributed by atoms with Crippen LogP contribution in [0.25, 0.3) is 0 Å². The number of rotatable bonds is 8. The summed E-state index contributed by atoms with van der Waals surface area (Å²) in [4.78, 5) is 40.7. The molecule has 1 aromatic carbocycles. The van der Waals surface area contributed by atoms with Crippen molar-refractivity contribution in [1.29, 1.82) is 0 Å². The molecule has 0 atom stereocenters. The molecule has 1 aliphatic heterocycles. The largest absolute Gasteiger partial charge is 0.356 e. The summed E-state index contributed by atoms with van der Waals surface area (Å²) in [5, 5.41) is 2.82. The van der Waals surface area contributed by atoms with Gasteiger partial charge in [0.2, 0.25) is 11.8 Å². The van der Waals surface area contributed by atoms with Gasteiger partial charge in [-0.2, -0.15) is 0 Å². The lowest BCUT2D eigenvalue weighted by Crippen LogP contribution is -2.36. The Kier molecular flexibility index (Phi) is 7.20. The zero-order chi connectivity index (χ0) is 20.8. The third kappa shape index (κ3) is 5.76. The fraction of sp³-hybridized carbons (Fsp3) is 0.435. The summed E-state index contributed by atoms with van der Waals surface area (Å²) >= 11 is 1.60. The summed E-state index contributed by atoms with van der Waals surface area (Å²) in [5.41, 5.74) is 3.28. The van der Waals surface area contributed by atoms with Gasteiger partial charge in [-0.3, -0.25) is 14.4 Å². The average molecular weight is 413 g/mol. The number of Topliss-reactive ketones (excluding diaryl/α,β-unsaturated/α-hetero) is 1. The van der Waals surface area contributed by atoms with E-state index in [2.05, 4.69) is 17.4 Å². The van der Waals surface area contributed by atoms with Crippen molar-refractivity contribution >= 4 is 28.9 Å². The highest BCUT2D eigenvalue weighted by Gasteiger charge is 2.20. The summed E-state index contributed by atoms with van der Waals surface area (Å²) in [7, 11) is 0. The molecular formula is C23H28N2O3S. The second kappa shape index (κ2) is 9.83. The molecule has 2 heterocycles. The van der Waals surface area contributed by atoms with Gasteiger partial charge in [0.15, 0.2) is 5.78 Å². The molecule has 6 heteroatoms. The van der Waals surface area contributed by atoms with Crippen LogP contribution in [0.1, 0.15) is 56.9 Å². The molecule has 1 aliphatic rings. The van der Waals surface area contributed by atoms with Gasteiger partial charge in [0.1, 0.15) is 0 Å². The van der Waals surface area contributed by atoms with Gasteiger partial charge in [0, 0.05) is 54.2 Å². The van der Waals surface area contributed by atoms with Crippen LogP contribution in [0, 0.1) is 13.8 Å². The molecule has 0 saturated heterocycles. The highest BCUT2D eigenvalue weighted by molar-refractivity contribution is 7.12. The molecule has 0 aliphatic carbocycles. The van der Waals surface area contributed by atoms with E-state index in [9.17, 15) is 14.4 Å². The number of carbonyl (C=O) groups excluding carboxylic acids is 3. The number of fused-ring (bicyclic) bond motifs is 1. The molecule has 0 unspecified atom stereocenters. The first-order chi connectivity index (χ1) is 13.9. The van der Waals surface area contributed by atoms with Crippen LogP contribution in [0.2, 0.25) is 0 Å². The van der Waals surface area contributed by atoms with Crippen molar-refractivity contribution in [2.24, 2.45) is 0 Å². The van der Waals surface area contributed by atoms with E-state index in [0.717, 1.165) is 28.3 Å². The number of nitrogens with zero attached hydrogens (tertiary/aromatic N) is 1. The zero-order valence-corrected chi connectivity index (χ0v) is 17.9. The van der Waals surface area contributed by atoms with Crippen molar-refractivity contribution in [2.75, 3.05) is 13.1 Å². The van der Waals surface area contributed by atoms with E-state index in [1.165, 1.54) is 11.1 Å². The van der Waals surface area contributed by atoms with Gasteiger partial charge in [-0.1, -0.05) is 24.3 Å². The average Bonchev–Trinajstić information content (AvgIpc) is 3.06. The molecule has 29 heavy (non-hydrogen) atoms. The fourth-order valence-corrected chi connectivity index (χ4v) is 4.63. The molecule has 0 saturated carbocycles. The van der Waals surface area contributed by atoms with E-state index >= 15 is 0 Å². The van der Waals surface area contributed by atoms with Crippen LogP contribution in [-0.4, -0.2) is 35.6 Å². The SMILES string of the molecule is Cc1cc(C(=O)CCC(=O)NCCCC(=O)N2CCc3ccccc3C2)c(C)s1. The minimum absolute atomic E-state index is 0.0163. The number of hydrogen-bond donors (Lipinski definition) is 1. The number of amides is 2. The summed E-state index contributed by atoms with van der Waals surface area (Å²) in [6, 6.07) is 10.1. The van der Waals surface area contributed by atoms with E-state index in [1.807, 2.05) is 36.9 Å². The van der Waals surface area contributed by atoms with Crippen molar-refractivity contribution in [3.8, 4) is 0 Å². The molecule has 154 valence electrons. The summed E-state index contributed by atoms with van der Waals surface area (Å²) in [6.07, 6.45) is 2.34. The number of hydrogen-bond acceptors (Lipinski definition) is 4. The lowest BCUT2D eigenvalue weighted by Gasteiger charge is -2.29. The van der Waals surface area contributed by atoms with Crippen LogP contribution in [0.4, 0.5) is 0 Å². The molecule has 0 fully saturated rings. The van der Waals surface area contributed by atoms with Gasteiger partial charge in [-0.15, -0.1) is 11.3 Å². The van der Waals surface area contributed by atoms with Gasteiger partial charge in [0.25, 0.3) is 0 Å². The Hall–Kier alpha value is -2.47. The first-order valence-corrected chi connectivity index (χ1v) is 11.0. The monoisotopic (exact) mass is 412 g/mol. The van der Waals surface area contributed by atoms with Crippen LogP contribution >= 0.6 is 11.3 Å². The highest BCUT2D eigenvalue weighted by atomic mass is 32.1. The Balaban J connectivity index is 1.33. The van der Waals surface area contributed by atoms with Crippen molar-refractivity contribution in [2.45, 2.75) is 52.5 Å². The lowest BCUT2D eigenvalue weighted by atomic mass is 9.99. The van der Waals surface area contributed by atoms with Crippen molar-refractivity contribution in [3.05, 3.63) is 56.8 Å². The fourth-order valence-electron chi connectivity index (χ4n) is 3.69. The third-order valence-corrected chi connectivity index (χ3v) is 6.26. The van der Waals surface area contributed by atoms with E-state index in [0.29, 0.717) is 25.9 Å². The molecule has 1 N–H and O–H groups in total. The van der Waals surface area contributed by atoms with Crippen LogP contribution < -0.4 is 5.32 Å². The molecule has 1 aromatic heterocycles. The smallest absolute Gasteiger partial charge is 0.222 e. The van der Waals surface area contributed by atoms with Crippen LogP contribution in [-0.2, 0) is 22.6 Å². The number of carbonyl (C=O) groups is 3. The van der Waals surface area contributed by atoms with E-state index in [4.69, 9.17) is 0 Å². The molecular weight excluding hydrogens is 384 g/mol. The Labute approximate surface area is 176 Å². The second-order valence-corrected chi connectivity index (χ2v) is 9.00. The van der Waals surface area contributed by atoms with Crippen molar-refractivity contribution in [3.63, 3.8) is 0 Å². The van der Waals surface area contributed by atoms with E-state index in [1.54, 1.807) is 11.3 Å².